The quantitative estimate of drug-likeness (QED) is 0.626. The standard InChI is InChI=1S/C12H16INO3/c1-6-8(11(16)17-12(3,4)5)10(15)14-7(2)9(6)13/h1-5H3,(H,14,15). The second-order valence-electron chi connectivity index (χ2n) is 4.89. The smallest absolute Gasteiger partial charge is 0.344 e. The number of rotatable bonds is 1. The number of hydrogen-bond donors (Lipinski definition) is 1. The van der Waals surface area contributed by atoms with Gasteiger partial charge in [0.15, 0.2) is 0 Å². The van der Waals surface area contributed by atoms with Crippen LogP contribution in [0.2, 0.25) is 0 Å². The van der Waals surface area contributed by atoms with Gasteiger partial charge in [-0.2, -0.15) is 0 Å². The molecule has 0 atom stereocenters. The topological polar surface area (TPSA) is 59.2 Å². The van der Waals surface area contributed by atoms with Crippen molar-refractivity contribution in [3.63, 3.8) is 0 Å². The van der Waals surface area contributed by atoms with Crippen LogP contribution in [-0.4, -0.2) is 16.6 Å². The maximum absolute atomic E-state index is 11.9. The maximum Gasteiger partial charge on any atom is 0.344 e. The number of H-pyrrole nitrogens is 1. The van der Waals surface area contributed by atoms with E-state index in [9.17, 15) is 9.59 Å². The Labute approximate surface area is 114 Å². The van der Waals surface area contributed by atoms with Crippen LogP contribution < -0.4 is 5.56 Å². The first-order valence-corrected chi connectivity index (χ1v) is 6.33. The number of hydrogen-bond acceptors (Lipinski definition) is 3. The Morgan fingerprint density at radius 2 is 1.82 bits per heavy atom. The third-order valence-electron chi connectivity index (χ3n) is 2.16. The molecule has 94 valence electrons. The summed E-state index contributed by atoms with van der Waals surface area (Å²) in [7, 11) is 0. The van der Waals surface area contributed by atoms with Gasteiger partial charge in [0, 0.05) is 9.26 Å². The van der Waals surface area contributed by atoms with Crippen LogP contribution in [-0.2, 0) is 4.74 Å². The van der Waals surface area contributed by atoms with Gasteiger partial charge in [-0.15, -0.1) is 0 Å². The van der Waals surface area contributed by atoms with E-state index in [0.717, 1.165) is 9.26 Å². The molecule has 0 radical (unpaired) electrons. The molecule has 0 saturated heterocycles. The third kappa shape index (κ3) is 3.31. The van der Waals surface area contributed by atoms with Gasteiger partial charge < -0.3 is 9.72 Å². The molecule has 0 aliphatic heterocycles. The number of halogens is 1. The van der Waals surface area contributed by atoms with Crippen LogP contribution in [0.4, 0.5) is 0 Å². The van der Waals surface area contributed by atoms with Gasteiger partial charge in [0.2, 0.25) is 0 Å². The molecule has 0 amide bonds. The van der Waals surface area contributed by atoms with Crippen molar-refractivity contribution in [3.05, 3.63) is 30.7 Å². The van der Waals surface area contributed by atoms with E-state index in [1.165, 1.54) is 0 Å². The second-order valence-corrected chi connectivity index (χ2v) is 5.97. The summed E-state index contributed by atoms with van der Waals surface area (Å²) in [4.78, 5) is 26.4. The van der Waals surface area contributed by atoms with Crippen LogP contribution in [0.25, 0.3) is 0 Å². The molecule has 0 bridgehead atoms. The van der Waals surface area contributed by atoms with E-state index in [-0.39, 0.29) is 5.56 Å². The van der Waals surface area contributed by atoms with E-state index in [0.29, 0.717) is 5.56 Å². The zero-order chi connectivity index (χ0) is 13.4. The van der Waals surface area contributed by atoms with Gasteiger partial charge in [-0.05, 0) is 62.8 Å². The van der Waals surface area contributed by atoms with Crippen LogP contribution in [0, 0.1) is 17.4 Å². The van der Waals surface area contributed by atoms with Gasteiger partial charge in [-0.3, -0.25) is 4.79 Å². The molecule has 0 unspecified atom stereocenters. The lowest BCUT2D eigenvalue weighted by atomic mass is 10.1. The van der Waals surface area contributed by atoms with Crippen molar-refractivity contribution < 1.29 is 9.53 Å². The van der Waals surface area contributed by atoms with E-state index >= 15 is 0 Å². The molecule has 1 N–H and O–H groups in total. The van der Waals surface area contributed by atoms with E-state index < -0.39 is 17.1 Å². The number of nitrogens with one attached hydrogen (secondary N) is 1. The zero-order valence-electron chi connectivity index (χ0n) is 10.6. The van der Waals surface area contributed by atoms with E-state index in [4.69, 9.17) is 4.74 Å². The molecule has 1 heterocycles. The molecule has 1 aromatic rings. The fourth-order valence-electron chi connectivity index (χ4n) is 1.42. The fourth-order valence-corrected chi connectivity index (χ4v) is 1.83. The molecular weight excluding hydrogens is 333 g/mol. The van der Waals surface area contributed by atoms with Crippen LogP contribution in [0.5, 0.6) is 0 Å². The Hall–Kier alpha value is -0.850. The van der Waals surface area contributed by atoms with Gasteiger partial charge in [0.25, 0.3) is 5.56 Å². The highest BCUT2D eigenvalue weighted by Crippen LogP contribution is 2.18. The SMILES string of the molecule is Cc1[nH]c(=O)c(C(=O)OC(C)(C)C)c(C)c1I. The summed E-state index contributed by atoms with van der Waals surface area (Å²) >= 11 is 2.10. The number of aromatic amines is 1. The first-order chi connectivity index (χ1) is 7.63. The van der Waals surface area contributed by atoms with E-state index in [1.807, 2.05) is 0 Å². The average molecular weight is 349 g/mol. The van der Waals surface area contributed by atoms with Crippen molar-refractivity contribution in [2.75, 3.05) is 0 Å². The number of ether oxygens (including phenoxy) is 1. The Morgan fingerprint density at radius 3 is 2.29 bits per heavy atom. The lowest BCUT2D eigenvalue weighted by molar-refractivity contribution is 0.00666. The molecule has 0 aromatic carbocycles. The predicted octanol–water partition coefficient (Wildman–Crippen LogP) is 2.55. The Morgan fingerprint density at radius 1 is 1.29 bits per heavy atom. The predicted molar refractivity (Wildman–Crippen MR) is 74.4 cm³/mol. The molecule has 1 aromatic heterocycles. The average Bonchev–Trinajstić information content (AvgIpc) is 2.11. The lowest BCUT2D eigenvalue weighted by Gasteiger charge is -2.20. The summed E-state index contributed by atoms with van der Waals surface area (Å²) in [6.45, 7) is 8.87. The number of aromatic nitrogens is 1. The minimum absolute atomic E-state index is 0.0925. The molecule has 5 heteroatoms. The van der Waals surface area contributed by atoms with Crippen LogP contribution >= 0.6 is 22.6 Å². The van der Waals surface area contributed by atoms with Crippen LogP contribution in [0.3, 0.4) is 0 Å². The monoisotopic (exact) mass is 349 g/mol. The number of carbonyl (C=O) groups excluding carboxylic acids is 1. The zero-order valence-corrected chi connectivity index (χ0v) is 12.8. The summed E-state index contributed by atoms with van der Waals surface area (Å²) in [5.74, 6) is -0.575. The second kappa shape index (κ2) is 4.80. The number of carbonyl (C=O) groups is 1. The van der Waals surface area contributed by atoms with Crippen LogP contribution in [0.15, 0.2) is 4.79 Å². The molecule has 0 saturated carbocycles. The lowest BCUT2D eigenvalue weighted by Crippen LogP contribution is -2.30. The van der Waals surface area contributed by atoms with E-state index in [1.54, 1.807) is 34.6 Å². The summed E-state index contributed by atoms with van der Waals surface area (Å²) in [5.41, 5.74) is 0.526. The first kappa shape index (κ1) is 14.2. The minimum Gasteiger partial charge on any atom is -0.456 e. The number of esters is 1. The third-order valence-corrected chi connectivity index (χ3v) is 3.78. The Bertz CT molecular complexity index is 512. The molecule has 0 aliphatic rings. The molecule has 1 rings (SSSR count). The van der Waals surface area contributed by atoms with Crippen molar-refractivity contribution in [1.29, 1.82) is 0 Å². The van der Waals surface area contributed by atoms with Gasteiger partial charge in [-0.1, -0.05) is 0 Å². The molecule has 0 fully saturated rings. The van der Waals surface area contributed by atoms with Crippen molar-refractivity contribution in [2.45, 2.75) is 40.2 Å². The maximum atomic E-state index is 11.9. The highest BCUT2D eigenvalue weighted by molar-refractivity contribution is 14.1. The van der Waals surface area contributed by atoms with Crippen molar-refractivity contribution in [3.8, 4) is 0 Å². The molecule has 4 nitrogen and oxygen atoms in total. The van der Waals surface area contributed by atoms with Gasteiger partial charge in [-0.25, -0.2) is 4.79 Å². The van der Waals surface area contributed by atoms with Crippen LogP contribution in [0.1, 0.15) is 42.4 Å². The van der Waals surface area contributed by atoms with Crippen molar-refractivity contribution >= 4 is 28.6 Å². The normalized spacial score (nSPS) is 11.4. The fraction of sp³-hybridized carbons (Fsp3) is 0.500. The highest BCUT2D eigenvalue weighted by atomic mass is 127. The summed E-state index contributed by atoms with van der Waals surface area (Å²) in [5, 5.41) is 0. The number of pyridine rings is 1. The Balaban J connectivity index is 3.29. The van der Waals surface area contributed by atoms with Crippen molar-refractivity contribution in [2.24, 2.45) is 0 Å². The first-order valence-electron chi connectivity index (χ1n) is 5.26. The molecular formula is C12H16INO3. The minimum atomic E-state index is -0.605. The molecule has 17 heavy (non-hydrogen) atoms. The van der Waals surface area contributed by atoms with Gasteiger partial charge >= 0.3 is 5.97 Å². The van der Waals surface area contributed by atoms with Gasteiger partial charge in [0.1, 0.15) is 11.2 Å². The summed E-state index contributed by atoms with van der Waals surface area (Å²) < 4.78 is 6.10. The highest BCUT2D eigenvalue weighted by Gasteiger charge is 2.23. The molecule has 0 spiro atoms. The number of aryl methyl sites for hydroxylation is 1. The summed E-state index contributed by atoms with van der Waals surface area (Å²) in [6.07, 6.45) is 0. The van der Waals surface area contributed by atoms with Crippen molar-refractivity contribution in [1.82, 2.24) is 4.98 Å². The molecule has 0 aliphatic carbocycles. The Kier molecular flexibility index (Phi) is 4.01. The summed E-state index contributed by atoms with van der Waals surface area (Å²) in [6, 6.07) is 0. The largest absolute Gasteiger partial charge is 0.456 e. The van der Waals surface area contributed by atoms with E-state index in [2.05, 4.69) is 27.6 Å². The van der Waals surface area contributed by atoms with Gasteiger partial charge in [0.05, 0.1) is 0 Å².